The lowest BCUT2D eigenvalue weighted by atomic mass is 10.2. The third-order valence-corrected chi connectivity index (χ3v) is 3.01. The molecule has 0 aliphatic carbocycles. The Morgan fingerprint density at radius 1 is 1.38 bits per heavy atom. The molecule has 9 heteroatoms. The first kappa shape index (κ1) is 15.3. The third kappa shape index (κ3) is 4.45. The summed E-state index contributed by atoms with van der Waals surface area (Å²) in [6, 6.07) is 5.46. The molecule has 2 rings (SSSR count). The number of amides is 1. The highest BCUT2D eigenvalue weighted by atomic mass is 32.1. The van der Waals surface area contributed by atoms with Gasteiger partial charge in [0, 0.05) is 30.8 Å². The number of hydrogen-bond acceptors (Lipinski definition) is 6. The lowest BCUT2D eigenvalue weighted by Gasteiger charge is -2.27. The molecule has 0 aromatic heterocycles. The van der Waals surface area contributed by atoms with E-state index >= 15 is 0 Å². The monoisotopic (exact) mass is 310 g/mol. The van der Waals surface area contributed by atoms with E-state index in [-0.39, 0.29) is 16.4 Å². The van der Waals surface area contributed by atoms with Gasteiger partial charge in [0.25, 0.3) is 11.6 Å². The molecule has 8 nitrogen and oxygen atoms in total. The van der Waals surface area contributed by atoms with Gasteiger partial charge in [0.15, 0.2) is 5.11 Å². The predicted octanol–water partition coefficient (Wildman–Crippen LogP) is 0.446. The SMILES string of the molecule is O=C(NC(=S)NN1CCOCC1)c1cccc([N+](=O)[O-])c1. The quantitative estimate of drug-likeness (QED) is 0.475. The summed E-state index contributed by atoms with van der Waals surface area (Å²) in [7, 11) is 0. The smallest absolute Gasteiger partial charge is 0.270 e. The van der Waals surface area contributed by atoms with Gasteiger partial charge < -0.3 is 4.74 Å². The number of carbonyl (C=O) groups is 1. The Bertz CT molecular complexity index is 560. The maximum absolute atomic E-state index is 12.0. The molecule has 1 aromatic carbocycles. The standard InChI is InChI=1S/C12H14N4O4S/c17-11(9-2-1-3-10(8-9)16(18)19)13-12(21)14-15-4-6-20-7-5-15/h1-3,8H,4-7H2,(H2,13,14,17,21). The van der Waals surface area contributed by atoms with E-state index in [1.165, 1.54) is 24.3 Å². The first-order chi connectivity index (χ1) is 10.1. The molecule has 1 saturated heterocycles. The number of nitrogens with zero attached hydrogens (tertiary/aromatic N) is 2. The van der Waals surface area contributed by atoms with Gasteiger partial charge in [0.05, 0.1) is 18.1 Å². The summed E-state index contributed by atoms with van der Waals surface area (Å²) in [6.45, 7) is 2.50. The second-order valence-corrected chi connectivity index (χ2v) is 4.71. The number of rotatable bonds is 3. The molecule has 21 heavy (non-hydrogen) atoms. The Hall–Kier alpha value is -2.10. The van der Waals surface area contributed by atoms with Gasteiger partial charge in [-0.2, -0.15) is 0 Å². The zero-order valence-corrected chi connectivity index (χ0v) is 11.9. The van der Waals surface area contributed by atoms with Crippen molar-refractivity contribution in [3.8, 4) is 0 Å². The van der Waals surface area contributed by atoms with Crippen molar-refractivity contribution < 1.29 is 14.5 Å². The molecule has 112 valence electrons. The van der Waals surface area contributed by atoms with Gasteiger partial charge in [-0.05, 0) is 18.3 Å². The Morgan fingerprint density at radius 3 is 2.76 bits per heavy atom. The highest BCUT2D eigenvalue weighted by Crippen LogP contribution is 2.12. The fraction of sp³-hybridized carbons (Fsp3) is 0.333. The molecule has 0 unspecified atom stereocenters. The fourth-order valence-electron chi connectivity index (χ4n) is 1.78. The molecule has 0 bridgehead atoms. The van der Waals surface area contributed by atoms with Crippen LogP contribution in [0.5, 0.6) is 0 Å². The van der Waals surface area contributed by atoms with Crippen LogP contribution in [0.2, 0.25) is 0 Å². The molecular weight excluding hydrogens is 296 g/mol. The van der Waals surface area contributed by atoms with Crippen molar-refractivity contribution in [3.05, 3.63) is 39.9 Å². The van der Waals surface area contributed by atoms with Crippen LogP contribution in [0.15, 0.2) is 24.3 Å². The van der Waals surface area contributed by atoms with Crippen molar-refractivity contribution in [3.63, 3.8) is 0 Å². The molecule has 0 radical (unpaired) electrons. The van der Waals surface area contributed by atoms with Crippen LogP contribution in [0, 0.1) is 10.1 Å². The van der Waals surface area contributed by atoms with Gasteiger partial charge >= 0.3 is 0 Å². The van der Waals surface area contributed by atoms with Crippen LogP contribution in [0.25, 0.3) is 0 Å². The summed E-state index contributed by atoms with van der Waals surface area (Å²) in [5.74, 6) is -0.496. The Kier molecular flexibility index (Phi) is 5.14. The summed E-state index contributed by atoms with van der Waals surface area (Å²) < 4.78 is 5.19. The summed E-state index contributed by atoms with van der Waals surface area (Å²) in [6.07, 6.45) is 0. The lowest BCUT2D eigenvalue weighted by molar-refractivity contribution is -0.384. The lowest BCUT2D eigenvalue weighted by Crippen LogP contribution is -2.52. The Labute approximate surface area is 126 Å². The van der Waals surface area contributed by atoms with E-state index in [1.54, 1.807) is 0 Å². The molecule has 1 amide bonds. The Morgan fingerprint density at radius 2 is 2.10 bits per heavy atom. The largest absolute Gasteiger partial charge is 0.379 e. The van der Waals surface area contributed by atoms with Crippen molar-refractivity contribution in [2.45, 2.75) is 0 Å². The first-order valence-corrected chi connectivity index (χ1v) is 6.66. The van der Waals surface area contributed by atoms with Crippen LogP contribution in [0.3, 0.4) is 0 Å². The van der Waals surface area contributed by atoms with Crippen molar-refractivity contribution in [2.75, 3.05) is 26.3 Å². The number of nitrogens with one attached hydrogen (secondary N) is 2. The molecule has 1 aliphatic heterocycles. The van der Waals surface area contributed by atoms with Crippen molar-refractivity contribution >= 4 is 28.9 Å². The second-order valence-electron chi connectivity index (χ2n) is 4.30. The number of hydrazine groups is 1. The summed E-state index contributed by atoms with van der Waals surface area (Å²) in [5, 5.41) is 15.1. The number of thiocarbonyl (C=S) groups is 1. The van der Waals surface area contributed by atoms with E-state index in [0.717, 1.165) is 0 Å². The minimum absolute atomic E-state index is 0.144. The van der Waals surface area contributed by atoms with E-state index in [0.29, 0.717) is 26.3 Å². The molecule has 1 heterocycles. The molecule has 1 aromatic rings. The van der Waals surface area contributed by atoms with Crippen LogP contribution in [0.4, 0.5) is 5.69 Å². The molecule has 2 N–H and O–H groups in total. The van der Waals surface area contributed by atoms with Crippen LogP contribution in [-0.4, -0.2) is 47.3 Å². The van der Waals surface area contributed by atoms with Gasteiger partial charge in [-0.15, -0.1) is 0 Å². The second kappa shape index (κ2) is 7.07. The number of ether oxygens (including phenoxy) is 1. The van der Waals surface area contributed by atoms with Gasteiger partial charge in [-0.25, -0.2) is 5.01 Å². The minimum atomic E-state index is -0.554. The average Bonchev–Trinajstić information content (AvgIpc) is 2.48. The van der Waals surface area contributed by atoms with E-state index in [4.69, 9.17) is 17.0 Å². The topological polar surface area (TPSA) is 96.7 Å². The number of nitro groups is 1. The fourth-order valence-corrected chi connectivity index (χ4v) is 2.00. The van der Waals surface area contributed by atoms with Gasteiger partial charge in [0.2, 0.25) is 0 Å². The summed E-state index contributed by atoms with van der Waals surface area (Å²) >= 11 is 5.04. The van der Waals surface area contributed by atoms with Gasteiger partial charge in [0.1, 0.15) is 0 Å². The van der Waals surface area contributed by atoms with E-state index in [9.17, 15) is 14.9 Å². The normalized spacial score (nSPS) is 15.2. The third-order valence-electron chi connectivity index (χ3n) is 2.82. The number of benzene rings is 1. The number of non-ortho nitro benzene ring substituents is 1. The number of hydrogen-bond donors (Lipinski definition) is 2. The van der Waals surface area contributed by atoms with Crippen LogP contribution < -0.4 is 10.7 Å². The zero-order chi connectivity index (χ0) is 15.2. The van der Waals surface area contributed by atoms with Crippen molar-refractivity contribution in [1.82, 2.24) is 15.8 Å². The van der Waals surface area contributed by atoms with Crippen molar-refractivity contribution in [2.24, 2.45) is 0 Å². The minimum Gasteiger partial charge on any atom is -0.379 e. The van der Waals surface area contributed by atoms with Crippen LogP contribution in [-0.2, 0) is 4.74 Å². The molecule has 1 aliphatic rings. The van der Waals surface area contributed by atoms with E-state index in [1.807, 2.05) is 5.01 Å². The molecule has 0 saturated carbocycles. The van der Waals surface area contributed by atoms with Crippen LogP contribution in [0.1, 0.15) is 10.4 Å². The van der Waals surface area contributed by atoms with Gasteiger partial charge in [-0.1, -0.05) is 6.07 Å². The maximum atomic E-state index is 12.0. The van der Waals surface area contributed by atoms with Gasteiger partial charge in [-0.3, -0.25) is 25.7 Å². The molecule has 0 spiro atoms. The zero-order valence-electron chi connectivity index (χ0n) is 11.1. The average molecular weight is 310 g/mol. The predicted molar refractivity (Wildman–Crippen MR) is 78.7 cm³/mol. The van der Waals surface area contributed by atoms with Crippen LogP contribution >= 0.6 is 12.2 Å². The highest BCUT2D eigenvalue weighted by Gasteiger charge is 2.15. The number of nitro benzene ring substituents is 1. The first-order valence-electron chi connectivity index (χ1n) is 6.25. The number of morpholine rings is 1. The maximum Gasteiger partial charge on any atom is 0.270 e. The Balaban J connectivity index is 1.92. The van der Waals surface area contributed by atoms with E-state index < -0.39 is 10.8 Å². The van der Waals surface area contributed by atoms with Crippen molar-refractivity contribution in [1.29, 1.82) is 0 Å². The molecule has 0 atom stereocenters. The highest BCUT2D eigenvalue weighted by molar-refractivity contribution is 7.80. The summed E-state index contributed by atoms with van der Waals surface area (Å²) in [5.41, 5.74) is 2.91. The summed E-state index contributed by atoms with van der Waals surface area (Å²) in [4.78, 5) is 22.1. The molecular formula is C12H14N4O4S. The van der Waals surface area contributed by atoms with E-state index in [2.05, 4.69) is 10.7 Å². The molecule has 1 fully saturated rings. The number of carbonyl (C=O) groups excluding carboxylic acids is 1.